The van der Waals surface area contributed by atoms with Gasteiger partial charge >= 0.3 is 5.91 Å². The average molecular weight is 432 g/mol. The lowest BCUT2D eigenvalue weighted by Gasteiger charge is -2.14. The molecule has 0 aliphatic heterocycles. The van der Waals surface area contributed by atoms with E-state index in [9.17, 15) is 9.59 Å². The van der Waals surface area contributed by atoms with Gasteiger partial charge in [0.1, 0.15) is 10.2 Å². The zero-order valence-electron chi connectivity index (χ0n) is 15.5. The van der Waals surface area contributed by atoms with Crippen molar-refractivity contribution in [2.75, 3.05) is 12.4 Å². The summed E-state index contributed by atoms with van der Waals surface area (Å²) in [5.74, 6) is -0.778. The molecule has 1 heterocycles. The van der Waals surface area contributed by atoms with Gasteiger partial charge in [-0.05, 0) is 36.8 Å². The predicted molar refractivity (Wildman–Crippen MR) is 110 cm³/mol. The molecule has 0 bridgehead atoms. The molecule has 29 heavy (non-hydrogen) atoms. The van der Waals surface area contributed by atoms with Crippen molar-refractivity contribution < 1.29 is 14.9 Å². The Morgan fingerprint density at radius 1 is 1.38 bits per heavy atom. The summed E-state index contributed by atoms with van der Waals surface area (Å²) in [7, 11) is 1.44. The van der Waals surface area contributed by atoms with Crippen molar-refractivity contribution in [1.29, 1.82) is 10.7 Å². The Morgan fingerprint density at radius 2 is 2.10 bits per heavy atom. The number of halogens is 2. The standard InChI is InChI=1S/C19H16Cl2N6O2/c1-10-6-11(9-22)7-12(18(28)24-2)16(10)27-19(29)14(8-15(21)23)26-17-13(20)4-3-5-25-17/h3-8,23H,1-2H3,(H,24,28)(H,25,26)(H,27,29)/p+1/b14-8-,23-15?. The number of nitriles is 1. The van der Waals surface area contributed by atoms with Crippen LogP contribution in [0.4, 0.5) is 11.5 Å². The lowest BCUT2D eigenvalue weighted by molar-refractivity contribution is -0.514. The number of aromatic nitrogens is 1. The molecule has 2 rings (SSSR count). The normalized spacial score (nSPS) is 10.8. The van der Waals surface area contributed by atoms with Crippen LogP contribution in [-0.4, -0.2) is 29.0 Å². The minimum Gasteiger partial charge on any atom is -0.355 e. The summed E-state index contributed by atoms with van der Waals surface area (Å²) in [5, 5.41) is 23.1. The van der Waals surface area contributed by atoms with E-state index in [0.29, 0.717) is 16.4 Å². The maximum atomic E-state index is 12.9. The van der Waals surface area contributed by atoms with Gasteiger partial charge < -0.3 is 10.6 Å². The van der Waals surface area contributed by atoms with E-state index in [4.69, 9.17) is 33.9 Å². The molecule has 0 aliphatic rings. The Kier molecular flexibility index (Phi) is 7.45. The Hall–Kier alpha value is -3.25. The topological polar surface area (TPSA) is 135 Å². The van der Waals surface area contributed by atoms with Crippen LogP contribution >= 0.6 is 23.2 Å². The molecule has 0 saturated heterocycles. The minimum atomic E-state index is -0.630. The molecule has 1 aromatic heterocycles. The summed E-state index contributed by atoms with van der Waals surface area (Å²) in [6.07, 6.45) is 2.65. The number of allylic oxidation sites excluding steroid dienone is 1. The third-order valence-corrected chi connectivity index (χ3v) is 4.23. The first-order chi connectivity index (χ1) is 13.8. The van der Waals surface area contributed by atoms with Gasteiger partial charge in [0.05, 0.1) is 22.9 Å². The summed E-state index contributed by atoms with van der Waals surface area (Å²) in [5.41, 5.74) is 1.18. The van der Waals surface area contributed by atoms with E-state index in [1.807, 2.05) is 6.07 Å². The number of pyridine rings is 1. The molecule has 5 N–H and O–H groups in total. The highest BCUT2D eigenvalue weighted by Crippen LogP contribution is 2.23. The van der Waals surface area contributed by atoms with E-state index >= 15 is 0 Å². The first-order valence-corrected chi connectivity index (χ1v) is 9.01. The molecule has 1 aromatic carbocycles. The van der Waals surface area contributed by atoms with Crippen molar-refractivity contribution in [2.45, 2.75) is 6.92 Å². The molecule has 0 atom stereocenters. The molecule has 2 aromatic rings. The molecule has 0 aliphatic carbocycles. The molecule has 0 radical (unpaired) electrons. The van der Waals surface area contributed by atoms with Crippen LogP contribution in [-0.2, 0) is 4.79 Å². The minimum absolute atomic E-state index is 0.0113. The first kappa shape index (κ1) is 22.0. The summed E-state index contributed by atoms with van der Waals surface area (Å²) >= 11 is 11.7. The molecular weight excluding hydrogens is 415 g/mol. The number of benzene rings is 1. The van der Waals surface area contributed by atoms with E-state index < -0.39 is 11.8 Å². The van der Waals surface area contributed by atoms with E-state index in [2.05, 4.69) is 15.6 Å². The van der Waals surface area contributed by atoms with Crippen molar-refractivity contribution in [1.82, 2.24) is 10.3 Å². The highest BCUT2D eigenvalue weighted by molar-refractivity contribution is 6.67. The molecule has 8 nitrogen and oxygen atoms in total. The number of anilines is 1. The summed E-state index contributed by atoms with van der Waals surface area (Å²) in [6.45, 7) is 1.66. The van der Waals surface area contributed by atoms with E-state index in [1.54, 1.807) is 25.1 Å². The molecule has 0 spiro atoms. The number of hydrogen-bond acceptors (Lipinski definition) is 5. The highest BCUT2D eigenvalue weighted by Gasteiger charge is 2.22. The van der Waals surface area contributed by atoms with Gasteiger partial charge in [0.25, 0.3) is 5.91 Å². The first-order valence-electron chi connectivity index (χ1n) is 8.26. The zero-order valence-corrected chi connectivity index (χ0v) is 17.0. The van der Waals surface area contributed by atoms with Crippen LogP contribution in [0.3, 0.4) is 0 Å². The number of carbonyl (C=O) groups excluding carboxylic acids is 2. The Bertz CT molecular complexity index is 1060. The van der Waals surface area contributed by atoms with Gasteiger partial charge in [-0.3, -0.25) is 20.3 Å². The van der Waals surface area contributed by atoms with E-state index in [-0.39, 0.29) is 27.7 Å². The van der Waals surface area contributed by atoms with Crippen LogP contribution in [0.15, 0.2) is 42.2 Å². The Labute approximate surface area is 177 Å². The fourth-order valence-electron chi connectivity index (χ4n) is 2.48. The van der Waals surface area contributed by atoms with Crippen molar-refractivity contribution >= 4 is 51.7 Å². The maximum Gasteiger partial charge on any atom is 0.310 e. The van der Waals surface area contributed by atoms with Crippen LogP contribution in [0.25, 0.3) is 0 Å². The third-order valence-electron chi connectivity index (χ3n) is 3.80. The smallest absolute Gasteiger partial charge is 0.310 e. The van der Waals surface area contributed by atoms with Crippen LogP contribution in [0.2, 0.25) is 5.02 Å². The number of nitrogens with two attached hydrogens (primary N) is 1. The molecule has 0 saturated carbocycles. The number of rotatable bonds is 6. The number of quaternary nitrogens is 1. The van der Waals surface area contributed by atoms with Gasteiger partial charge in [0, 0.05) is 19.3 Å². The van der Waals surface area contributed by atoms with Gasteiger partial charge in [-0.15, -0.1) is 0 Å². The molecule has 2 amide bonds. The molecular formula is C19H17Cl2N6O2+. The van der Waals surface area contributed by atoms with Gasteiger partial charge in [0.15, 0.2) is 0 Å². The third kappa shape index (κ3) is 5.62. The second kappa shape index (κ2) is 9.80. The lowest BCUT2D eigenvalue weighted by atomic mass is 10.0. The van der Waals surface area contributed by atoms with Crippen LogP contribution in [0.1, 0.15) is 21.5 Å². The monoisotopic (exact) mass is 431 g/mol. The SMILES string of the molecule is CNC(=O)c1cc(C#N)cc(C)c1NC(=O)/C(=C/C(=N)Cl)[NH2+]c1ncccc1Cl. The highest BCUT2D eigenvalue weighted by atomic mass is 35.5. The summed E-state index contributed by atoms with van der Waals surface area (Å²) in [6, 6.07) is 8.16. The number of aryl methyl sites for hydroxylation is 1. The number of hydrogen-bond donors (Lipinski definition) is 4. The fourth-order valence-corrected chi connectivity index (χ4v) is 2.77. The van der Waals surface area contributed by atoms with Gasteiger partial charge in [0.2, 0.25) is 11.5 Å². The molecule has 10 heteroatoms. The van der Waals surface area contributed by atoms with E-state index in [1.165, 1.54) is 24.6 Å². The molecule has 0 fully saturated rings. The van der Waals surface area contributed by atoms with Gasteiger partial charge in [-0.1, -0.05) is 23.2 Å². The second-order valence-corrected chi connectivity index (χ2v) is 6.64. The molecule has 0 unspecified atom stereocenters. The van der Waals surface area contributed by atoms with E-state index in [0.717, 1.165) is 6.08 Å². The van der Waals surface area contributed by atoms with Crippen LogP contribution in [0, 0.1) is 23.7 Å². The quantitative estimate of drug-likeness (QED) is 0.411. The Morgan fingerprint density at radius 3 is 2.69 bits per heavy atom. The van der Waals surface area contributed by atoms with Crippen LogP contribution < -0.4 is 16.0 Å². The Balaban J connectivity index is 2.44. The predicted octanol–water partition coefficient (Wildman–Crippen LogP) is 2.21. The second-order valence-electron chi connectivity index (χ2n) is 5.82. The summed E-state index contributed by atoms with van der Waals surface area (Å²) < 4.78 is 0. The zero-order chi connectivity index (χ0) is 21.6. The summed E-state index contributed by atoms with van der Waals surface area (Å²) in [4.78, 5) is 29.2. The van der Waals surface area contributed by atoms with Gasteiger partial charge in [-0.2, -0.15) is 5.26 Å². The lowest BCUT2D eigenvalue weighted by Crippen LogP contribution is -2.78. The number of nitrogens with zero attached hydrogens (tertiary/aromatic N) is 2. The fraction of sp³-hybridized carbons (Fsp3) is 0.105. The van der Waals surface area contributed by atoms with Crippen molar-refractivity contribution in [3.05, 3.63) is 63.9 Å². The van der Waals surface area contributed by atoms with Gasteiger partial charge in [-0.25, -0.2) is 4.98 Å². The largest absolute Gasteiger partial charge is 0.355 e. The van der Waals surface area contributed by atoms with Crippen LogP contribution in [0.5, 0.6) is 0 Å². The van der Waals surface area contributed by atoms with Crippen molar-refractivity contribution in [2.24, 2.45) is 0 Å². The number of nitrogens with one attached hydrogen (secondary N) is 3. The maximum absolute atomic E-state index is 12.9. The van der Waals surface area contributed by atoms with Crippen molar-refractivity contribution in [3.8, 4) is 6.07 Å². The van der Waals surface area contributed by atoms with Crippen molar-refractivity contribution in [3.63, 3.8) is 0 Å². The number of amides is 2. The average Bonchev–Trinajstić information content (AvgIpc) is 2.69. The number of carbonyl (C=O) groups is 2. The molecule has 148 valence electrons.